The minimum absolute atomic E-state index is 0.0365. The van der Waals surface area contributed by atoms with Gasteiger partial charge in [-0.25, -0.2) is 0 Å². The van der Waals surface area contributed by atoms with Crippen LogP contribution in [-0.4, -0.2) is 97.6 Å². The van der Waals surface area contributed by atoms with Crippen molar-refractivity contribution in [3.63, 3.8) is 0 Å². The topological polar surface area (TPSA) is 84.8 Å². The first-order chi connectivity index (χ1) is 12.9. The molecule has 156 valence electrons. The fourth-order valence-corrected chi connectivity index (χ4v) is 1.74. The predicted molar refractivity (Wildman–Crippen MR) is 97.4 cm³/mol. The van der Waals surface area contributed by atoms with Gasteiger partial charge in [0.15, 0.2) is 0 Å². The van der Waals surface area contributed by atoms with Gasteiger partial charge in [-0.3, -0.25) is 0 Å². The Bertz CT molecular complexity index is 266. The summed E-state index contributed by atoms with van der Waals surface area (Å²) in [6, 6.07) is 0. The highest BCUT2D eigenvalue weighted by Crippen LogP contribution is 1.92. The van der Waals surface area contributed by atoms with Gasteiger partial charge in [-0.05, 0) is 12.8 Å². The second-order valence-electron chi connectivity index (χ2n) is 5.14. The van der Waals surface area contributed by atoms with Crippen LogP contribution < -0.4 is 0 Å². The lowest BCUT2D eigenvalue weighted by Crippen LogP contribution is -2.14. The van der Waals surface area contributed by atoms with E-state index in [9.17, 15) is 0 Å². The maximum Gasteiger partial charge on any atom is 0.0873 e. The Morgan fingerprint density at radius 1 is 0.500 bits per heavy atom. The Morgan fingerprint density at radius 2 is 0.846 bits per heavy atom. The summed E-state index contributed by atoms with van der Waals surface area (Å²) < 4.78 is 37.0. The Morgan fingerprint density at radius 3 is 1.23 bits per heavy atom. The Kier molecular flexibility index (Phi) is 23.6. The zero-order valence-corrected chi connectivity index (χ0v) is 15.9. The molecule has 0 saturated heterocycles. The van der Waals surface area contributed by atoms with Crippen molar-refractivity contribution in [3.8, 4) is 0 Å². The zero-order valence-electron chi connectivity index (χ0n) is 15.9. The van der Waals surface area contributed by atoms with Crippen LogP contribution in [0, 0.1) is 0 Å². The molecule has 0 amide bonds. The number of aliphatic hydroxyl groups excluding tert-OH is 1. The van der Waals surface area contributed by atoms with E-state index in [1.807, 2.05) is 0 Å². The van der Waals surface area contributed by atoms with Crippen LogP contribution in [0.3, 0.4) is 0 Å². The molecule has 0 aromatic heterocycles. The van der Waals surface area contributed by atoms with Crippen LogP contribution in [0.5, 0.6) is 0 Å². The van der Waals surface area contributed by atoms with E-state index in [4.69, 9.17) is 38.3 Å². The van der Waals surface area contributed by atoms with Crippen molar-refractivity contribution in [2.75, 3.05) is 92.5 Å². The van der Waals surface area contributed by atoms with Gasteiger partial charge in [0.2, 0.25) is 0 Å². The summed E-state index contributed by atoms with van der Waals surface area (Å²) in [4.78, 5) is 0. The lowest BCUT2D eigenvalue weighted by molar-refractivity contribution is -0.0183. The number of hydrogen-bond donors (Lipinski definition) is 1. The molecule has 0 rings (SSSR count). The molecule has 8 heteroatoms. The second kappa shape index (κ2) is 24.3. The number of unbranched alkanes of at least 4 members (excludes halogenated alkanes) is 1. The van der Waals surface area contributed by atoms with Gasteiger partial charge in [-0.15, -0.1) is 0 Å². The predicted octanol–water partition coefficient (Wildman–Crippen LogP) is 1.02. The smallest absolute Gasteiger partial charge is 0.0873 e. The SMILES string of the molecule is C=COCCCCOCCOCCOCCOCCOCCOCCO. The molecule has 0 spiro atoms. The lowest BCUT2D eigenvalue weighted by atomic mass is 10.3. The van der Waals surface area contributed by atoms with E-state index < -0.39 is 0 Å². The normalized spacial score (nSPS) is 11.0. The Hall–Kier alpha value is -0.740. The van der Waals surface area contributed by atoms with Crippen molar-refractivity contribution in [2.45, 2.75) is 12.8 Å². The van der Waals surface area contributed by atoms with Gasteiger partial charge >= 0.3 is 0 Å². The molecule has 0 radical (unpaired) electrons. The van der Waals surface area contributed by atoms with Crippen molar-refractivity contribution < 1.29 is 38.3 Å². The van der Waals surface area contributed by atoms with Gasteiger partial charge in [0.25, 0.3) is 0 Å². The summed E-state index contributed by atoms with van der Waals surface area (Å²) in [5, 5.41) is 8.51. The molecule has 0 atom stereocenters. The molecule has 0 fully saturated rings. The highest BCUT2D eigenvalue weighted by atomic mass is 16.6. The maximum absolute atomic E-state index is 8.51. The highest BCUT2D eigenvalue weighted by Gasteiger charge is 1.94. The molecule has 0 saturated carbocycles. The fourth-order valence-electron chi connectivity index (χ4n) is 1.74. The van der Waals surface area contributed by atoms with E-state index >= 15 is 0 Å². The molecule has 0 unspecified atom stereocenters. The van der Waals surface area contributed by atoms with Crippen LogP contribution in [0.2, 0.25) is 0 Å². The third-order valence-corrected chi connectivity index (χ3v) is 3.01. The first kappa shape index (κ1) is 25.3. The van der Waals surface area contributed by atoms with Crippen LogP contribution in [0.1, 0.15) is 12.8 Å². The molecule has 0 bridgehead atoms. The number of ether oxygens (including phenoxy) is 7. The maximum atomic E-state index is 8.51. The van der Waals surface area contributed by atoms with E-state index in [-0.39, 0.29) is 6.61 Å². The first-order valence-electron chi connectivity index (χ1n) is 9.21. The molecule has 0 heterocycles. The van der Waals surface area contributed by atoms with Crippen LogP contribution in [0.4, 0.5) is 0 Å². The molecule has 0 aromatic rings. The average molecular weight is 380 g/mol. The molecule has 8 nitrogen and oxygen atoms in total. The summed E-state index contributed by atoms with van der Waals surface area (Å²) in [6.45, 7) is 10.6. The zero-order chi connectivity index (χ0) is 19.0. The van der Waals surface area contributed by atoms with Crippen LogP contribution in [-0.2, 0) is 33.2 Å². The van der Waals surface area contributed by atoms with E-state index in [1.165, 1.54) is 6.26 Å². The van der Waals surface area contributed by atoms with Crippen LogP contribution in [0.25, 0.3) is 0 Å². The summed E-state index contributed by atoms with van der Waals surface area (Å²) in [5.74, 6) is 0. The van der Waals surface area contributed by atoms with Crippen molar-refractivity contribution >= 4 is 0 Å². The summed E-state index contributed by atoms with van der Waals surface area (Å²) >= 11 is 0. The Balaban J connectivity index is 2.96. The standard InChI is InChI=1S/C18H36O8/c1-2-20-6-3-4-7-21-9-11-23-13-15-25-17-18-26-16-14-24-12-10-22-8-5-19/h2,19H,1,3-18H2. The third-order valence-electron chi connectivity index (χ3n) is 3.01. The molecule has 1 N–H and O–H groups in total. The molecule has 0 aliphatic carbocycles. The monoisotopic (exact) mass is 380 g/mol. The van der Waals surface area contributed by atoms with Crippen molar-refractivity contribution in [2.24, 2.45) is 0 Å². The van der Waals surface area contributed by atoms with E-state index in [1.54, 1.807) is 0 Å². The minimum Gasteiger partial charge on any atom is -0.502 e. The average Bonchev–Trinajstić information content (AvgIpc) is 2.66. The quantitative estimate of drug-likeness (QED) is 0.208. The van der Waals surface area contributed by atoms with E-state index in [0.29, 0.717) is 79.3 Å². The fraction of sp³-hybridized carbons (Fsp3) is 0.889. The highest BCUT2D eigenvalue weighted by molar-refractivity contribution is 4.49. The summed E-state index contributed by atoms with van der Waals surface area (Å²) in [7, 11) is 0. The number of hydrogen-bond acceptors (Lipinski definition) is 8. The van der Waals surface area contributed by atoms with Gasteiger partial charge in [0, 0.05) is 6.61 Å². The van der Waals surface area contributed by atoms with Crippen LogP contribution in [0.15, 0.2) is 12.8 Å². The van der Waals surface area contributed by atoms with Crippen molar-refractivity contribution in [3.05, 3.63) is 12.8 Å². The second-order valence-corrected chi connectivity index (χ2v) is 5.14. The first-order valence-corrected chi connectivity index (χ1v) is 9.21. The molecule has 0 aromatic carbocycles. The van der Waals surface area contributed by atoms with E-state index in [0.717, 1.165) is 19.4 Å². The molecular formula is C18H36O8. The minimum atomic E-state index is 0.0365. The van der Waals surface area contributed by atoms with Gasteiger partial charge in [-0.2, -0.15) is 0 Å². The van der Waals surface area contributed by atoms with Gasteiger partial charge in [-0.1, -0.05) is 6.58 Å². The number of rotatable bonds is 23. The van der Waals surface area contributed by atoms with Gasteiger partial charge in [0.05, 0.1) is 92.2 Å². The van der Waals surface area contributed by atoms with E-state index in [2.05, 4.69) is 6.58 Å². The molecule has 0 aliphatic rings. The van der Waals surface area contributed by atoms with Crippen LogP contribution >= 0.6 is 0 Å². The van der Waals surface area contributed by atoms with Crippen molar-refractivity contribution in [1.82, 2.24) is 0 Å². The number of aliphatic hydroxyl groups is 1. The lowest BCUT2D eigenvalue weighted by Gasteiger charge is -2.08. The largest absolute Gasteiger partial charge is 0.502 e. The summed E-state index contributed by atoms with van der Waals surface area (Å²) in [5.41, 5.74) is 0. The Labute approximate surface area is 157 Å². The molecular weight excluding hydrogens is 344 g/mol. The third kappa shape index (κ3) is 23.3. The molecule has 0 aliphatic heterocycles. The summed E-state index contributed by atoms with van der Waals surface area (Å²) in [6.07, 6.45) is 3.39. The van der Waals surface area contributed by atoms with Gasteiger partial charge < -0.3 is 38.3 Å². The van der Waals surface area contributed by atoms with Gasteiger partial charge in [0.1, 0.15) is 0 Å². The molecule has 26 heavy (non-hydrogen) atoms. The van der Waals surface area contributed by atoms with Crippen molar-refractivity contribution in [1.29, 1.82) is 0 Å².